The van der Waals surface area contributed by atoms with Gasteiger partial charge in [0.2, 0.25) is 0 Å². The number of aryl methyl sites for hydroxylation is 3. The Morgan fingerprint density at radius 3 is 2.67 bits per heavy atom. The van der Waals surface area contributed by atoms with Gasteiger partial charge in [0, 0.05) is 7.05 Å². The highest BCUT2D eigenvalue weighted by atomic mass is 19.1. The molecule has 96 valence electrons. The first-order valence-electron chi connectivity index (χ1n) is 6.00. The molecule has 0 amide bonds. The zero-order valence-corrected chi connectivity index (χ0v) is 10.8. The van der Waals surface area contributed by atoms with Gasteiger partial charge >= 0.3 is 0 Å². The van der Waals surface area contributed by atoms with Crippen molar-refractivity contribution in [3.05, 3.63) is 52.6 Å². The molecule has 1 aromatic heterocycles. The highest BCUT2D eigenvalue weighted by molar-refractivity contribution is 5.33. The number of rotatable bonds is 3. The van der Waals surface area contributed by atoms with Crippen molar-refractivity contribution in [2.24, 2.45) is 7.05 Å². The van der Waals surface area contributed by atoms with Gasteiger partial charge in [-0.2, -0.15) is 5.10 Å². The Morgan fingerprint density at radius 1 is 1.39 bits per heavy atom. The largest absolute Gasteiger partial charge is 0.382 e. The van der Waals surface area contributed by atoms with Crippen LogP contribution in [0.1, 0.15) is 35.5 Å². The van der Waals surface area contributed by atoms with Crippen LogP contribution >= 0.6 is 0 Å². The number of halogens is 1. The Hall–Kier alpha value is -1.68. The molecule has 0 fully saturated rings. The van der Waals surface area contributed by atoms with Crippen LogP contribution in [0.15, 0.2) is 24.3 Å². The van der Waals surface area contributed by atoms with Gasteiger partial charge in [-0.3, -0.25) is 4.68 Å². The van der Waals surface area contributed by atoms with Crippen molar-refractivity contribution in [2.75, 3.05) is 0 Å². The van der Waals surface area contributed by atoms with E-state index in [1.807, 2.05) is 13.0 Å². The van der Waals surface area contributed by atoms with E-state index < -0.39 is 6.10 Å². The smallest absolute Gasteiger partial charge is 0.123 e. The molecule has 1 atom stereocenters. The third-order valence-electron chi connectivity index (χ3n) is 3.14. The van der Waals surface area contributed by atoms with E-state index in [4.69, 9.17) is 0 Å². The lowest BCUT2D eigenvalue weighted by molar-refractivity contribution is 0.209. The highest BCUT2D eigenvalue weighted by Crippen LogP contribution is 2.25. The first-order valence-corrected chi connectivity index (χ1v) is 6.00. The Morgan fingerprint density at radius 2 is 2.11 bits per heavy atom. The molecule has 0 saturated heterocycles. The van der Waals surface area contributed by atoms with Gasteiger partial charge in [0.1, 0.15) is 11.9 Å². The second kappa shape index (κ2) is 4.90. The average molecular weight is 248 g/mol. The van der Waals surface area contributed by atoms with Crippen molar-refractivity contribution < 1.29 is 9.50 Å². The third kappa shape index (κ3) is 2.29. The molecule has 0 bridgehead atoms. The van der Waals surface area contributed by atoms with Gasteiger partial charge in [0.25, 0.3) is 0 Å². The van der Waals surface area contributed by atoms with E-state index in [0.29, 0.717) is 5.56 Å². The molecule has 2 aromatic rings. The second-order valence-electron chi connectivity index (χ2n) is 4.44. The van der Waals surface area contributed by atoms with Crippen LogP contribution in [0.4, 0.5) is 4.39 Å². The van der Waals surface area contributed by atoms with Crippen LogP contribution in [0.3, 0.4) is 0 Å². The molecule has 3 nitrogen and oxygen atoms in total. The van der Waals surface area contributed by atoms with Crippen molar-refractivity contribution in [2.45, 2.75) is 26.4 Å². The maximum atomic E-state index is 13.1. The molecule has 1 aromatic carbocycles. The Labute approximate surface area is 106 Å². The predicted octanol–water partition coefficient (Wildman–Crippen LogP) is 2.51. The number of hydrogen-bond acceptors (Lipinski definition) is 2. The molecule has 2 rings (SSSR count). The van der Waals surface area contributed by atoms with Gasteiger partial charge in [0.05, 0.1) is 11.4 Å². The van der Waals surface area contributed by atoms with Crippen molar-refractivity contribution in [1.29, 1.82) is 0 Å². The zero-order chi connectivity index (χ0) is 13.3. The summed E-state index contributed by atoms with van der Waals surface area (Å²) >= 11 is 0. The summed E-state index contributed by atoms with van der Waals surface area (Å²) in [7, 11) is 1.80. The van der Waals surface area contributed by atoms with Crippen molar-refractivity contribution >= 4 is 0 Å². The summed E-state index contributed by atoms with van der Waals surface area (Å²) in [5.74, 6) is -0.289. The molecule has 4 heteroatoms. The van der Waals surface area contributed by atoms with Crippen LogP contribution < -0.4 is 0 Å². The fourth-order valence-electron chi connectivity index (χ4n) is 2.08. The average Bonchev–Trinajstić information content (AvgIpc) is 2.70. The molecular weight excluding hydrogens is 231 g/mol. The number of benzene rings is 1. The van der Waals surface area contributed by atoms with Gasteiger partial charge in [-0.15, -0.1) is 0 Å². The summed E-state index contributed by atoms with van der Waals surface area (Å²) < 4.78 is 14.7. The lowest BCUT2D eigenvalue weighted by atomic mass is 10.0. The summed E-state index contributed by atoms with van der Waals surface area (Å²) in [6.45, 7) is 3.81. The zero-order valence-electron chi connectivity index (χ0n) is 10.8. The number of aliphatic hydroxyl groups is 1. The van der Waals surface area contributed by atoms with Gasteiger partial charge in [0.15, 0.2) is 0 Å². The molecule has 0 radical (unpaired) electrons. The van der Waals surface area contributed by atoms with E-state index in [1.54, 1.807) is 24.7 Å². The minimum absolute atomic E-state index is 0.289. The molecule has 0 aliphatic rings. The van der Waals surface area contributed by atoms with Gasteiger partial charge in [-0.25, -0.2) is 4.39 Å². The SMILES string of the molecule is CCc1cc(C(O)c2ccc(F)cc2C)n(C)n1. The van der Waals surface area contributed by atoms with Gasteiger partial charge in [-0.1, -0.05) is 13.0 Å². The summed E-state index contributed by atoms with van der Waals surface area (Å²) in [5.41, 5.74) is 3.11. The highest BCUT2D eigenvalue weighted by Gasteiger charge is 2.17. The molecule has 0 aliphatic carbocycles. The minimum Gasteiger partial charge on any atom is -0.382 e. The molecule has 0 spiro atoms. The van der Waals surface area contributed by atoms with Crippen LogP contribution in [0.5, 0.6) is 0 Å². The lowest BCUT2D eigenvalue weighted by Crippen LogP contribution is -2.08. The molecule has 18 heavy (non-hydrogen) atoms. The molecule has 0 saturated carbocycles. The Kier molecular flexibility index (Phi) is 3.48. The normalized spacial score (nSPS) is 12.7. The predicted molar refractivity (Wildman–Crippen MR) is 67.8 cm³/mol. The minimum atomic E-state index is -0.775. The fourth-order valence-corrected chi connectivity index (χ4v) is 2.08. The second-order valence-corrected chi connectivity index (χ2v) is 4.44. The van der Waals surface area contributed by atoms with Crippen LogP contribution in [0.2, 0.25) is 0 Å². The van der Waals surface area contributed by atoms with Crippen LogP contribution in [0, 0.1) is 12.7 Å². The van der Waals surface area contributed by atoms with Crippen LogP contribution in [0.25, 0.3) is 0 Å². The summed E-state index contributed by atoms with van der Waals surface area (Å²) in [6, 6.07) is 6.29. The molecular formula is C14H17FN2O. The Bertz CT molecular complexity index is 563. The van der Waals surface area contributed by atoms with Crippen molar-refractivity contribution in [1.82, 2.24) is 9.78 Å². The summed E-state index contributed by atoms with van der Waals surface area (Å²) in [6.07, 6.45) is 0.0478. The van der Waals surface area contributed by atoms with E-state index in [1.165, 1.54) is 12.1 Å². The molecule has 1 N–H and O–H groups in total. The summed E-state index contributed by atoms with van der Waals surface area (Å²) in [5, 5.41) is 14.7. The van der Waals surface area contributed by atoms with Crippen molar-refractivity contribution in [3.63, 3.8) is 0 Å². The maximum Gasteiger partial charge on any atom is 0.123 e. The quantitative estimate of drug-likeness (QED) is 0.906. The fraction of sp³-hybridized carbons (Fsp3) is 0.357. The molecule has 0 aliphatic heterocycles. The van der Waals surface area contributed by atoms with Crippen LogP contribution in [-0.4, -0.2) is 14.9 Å². The van der Waals surface area contributed by atoms with Gasteiger partial charge in [-0.05, 0) is 42.7 Å². The van der Waals surface area contributed by atoms with E-state index in [0.717, 1.165) is 23.4 Å². The maximum absolute atomic E-state index is 13.1. The third-order valence-corrected chi connectivity index (χ3v) is 3.14. The summed E-state index contributed by atoms with van der Waals surface area (Å²) in [4.78, 5) is 0. The van der Waals surface area contributed by atoms with Crippen LogP contribution in [-0.2, 0) is 13.5 Å². The molecule has 1 unspecified atom stereocenters. The van der Waals surface area contributed by atoms with E-state index in [9.17, 15) is 9.50 Å². The van der Waals surface area contributed by atoms with E-state index >= 15 is 0 Å². The first-order chi connectivity index (χ1) is 8.52. The Balaban J connectivity index is 2.40. The standard InChI is InChI=1S/C14H17FN2O/c1-4-11-8-13(17(3)16-11)14(18)12-6-5-10(15)7-9(12)2/h5-8,14,18H,4H2,1-3H3. The van der Waals surface area contributed by atoms with E-state index in [2.05, 4.69) is 5.10 Å². The van der Waals surface area contributed by atoms with Crippen molar-refractivity contribution in [3.8, 4) is 0 Å². The number of aromatic nitrogens is 2. The van der Waals surface area contributed by atoms with Gasteiger partial charge < -0.3 is 5.11 Å². The number of nitrogens with zero attached hydrogens (tertiary/aromatic N) is 2. The first kappa shape index (κ1) is 12.8. The topological polar surface area (TPSA) is 38.0 Å². The lowest BCUT2D eigenvalue weighted by Gasteiger charge is -2.13. The van der Waals surface area contributed by atoms with E-state index in [-0.39, 0.29) is 5.82 Å². The number of hydrogen-bond donors (Lipinski definition) is 1. The molecule has 1 heterocycles. The monoisotopic (exact) mass is 248 g/mol. The number of aliphatic hydroxyl groups excluding tert-OH is 1.